The van der Waals surface area contributed by atoms with E-state index in [1.54, 1.807) is 97.1 Å². The minimum Gasteiger partial charge on any atom is -0.465 e. The van der Waals surface area contributed by atoms with Gasteiger partial charge in [-0.05, 0) is 142 Å². The van der Waals surface area contributed by atoms with Crippen LogP contribution >= 0.6 is 0 Å². The molecule has 8 aromatic rings. The van der Waals surface area contributed by atoms with Crippen molar-refractivity contribution < 1.29 is 38.1 Å². The monoisotopic (exact) mass is 834 g/mol. The molecule has 0 amide bonds. The van der Waals surface area contributed by atoms with Crippen LogP contribution in [0.5, 0.6) is 0 Å². The summed E-state index contributed by atoms with van der Waals surface area (Å²) in [5, 5.41) is 5.40. The second-order valence-corrected chi connectivity index (χ2v) is 14.3. The Hall–Kier alpha value is -9.08. The van der Waals surface area contributed by atoms with Crippen LogP contribution in [0.25, 0.3) is 32.3 Å². The minimum atomic E-state index is -0.435. The Balaban J connectivity index is 1.35. The van der Waals surface area contributed by atoms with Gasteiger partial charge in [0.1, 0.15) is 0 Å². The SMILES string of the molecule is COC(=O)c1ccc(C#Cc2cc(C#Cc3ccc(C(=O)OC)cc3)c3ccc4c(C#Cc5ccc(C(=O)OC)cc5)cc(C#Cc5ccc(C(=O)OC)cc5)c5ccc2c3c54)cc1. The summed E-state index contributed by atoms with van der Waals surface area (Å²) in [7, 11) is 5.36. The van der Waals surface area contributed by atoms with Gasteiger partial charge in [-0.25, -0.2) is 19.2 Å². The van der Waals surface area contributed by atoms with Crippen LogP contribution < -0.4 is 0 Å². The van der Waals surface area contributed by atoms with Crippen LogP contribution in [-0.2, 0) is 18.9 Å². The number of methoxy groups -OCH3 is 4. The van der Waals surface area contributed by atoms with E-state index in [1.807, 2.05) is 36.4 Å². The van der Waals surface area contributed by atoms with Crippen molar-refractivity contribution in [2.24, 2.45) is 0 Å². The summed E-state index contributed by atoms with van der Waals surface area (Å²) < 4.78 is 19.5. The third-order valence-corrected chi connectivity index (χ3v) is 10.5. The molecule has 64 heavy (non-hydrogen) atoms. The normalized spacial score (nSPS) is 10.2. The topological polar surface area (TPSA) is 105 Å². The fourth-order valence-electron chi connectivity index (χ4n) is 7.19. The van der Waals surface area contributed by atoms with Crippen LogP contribution in [0, 0.1) is 47.4 Å². The zero-order valence-corrected chi connectivity index (χ0v) is 35.0. The summed E-state index contributed by atoms with van der Waals surface area (Å²) >= 11 is 0. The van der Waals surface area contributed by atoms with Crippen molar-refractivity contribution in [3.8, 4) is 47.4 Å². The van der Waals surface area contributed by atoms with Crippen molar-refractivity contribution >= 4 is 56.2 Å². The summed E-state index contributed by atoms with van der Waals surface area (Å²) in [6.45, 7) is 0. The molecule has 8 rings (SSSR count). The van der Waals surface area contributed by atoms with E-state index < -0.39 is 23.9 Å². The number of esters is 4. The Bertz CT molecular complexity index is 2970. The Morgan fingerprint density at radius 2 is 0.500 bits per heavy atom. The Morgan fingerprint density at radius 1 is 0.297 bits per heavy atom. The molecule has 0 unspecified atom stereocenters. The molecule has 0 aromatic heterocycles. The van der Waals surface area contributed by atoms with Gasteiger partial charge in [-0.2, -0.15) is 0 Å². The average Bonchev–Trinajstić information content (AvgIpc) is 3.35. The minimum absolute atomic E-state index is 0.419. The van der Waals surface area contributed by atoms with E-state index in [0.29, 0.717) is 44.5 Å². The van der Waals surface area contributed by atoms with E-state index in [9.17, 15) is 19.2 Å². The van der Waals surface area contributed by atoms with E-state index in [4.69, 9.17) is 18.9 Å². The molecule has 0 N–H and O–H groups in total. The van der Waals surface area contributed by atoms with Gasteiger partial charge in [0, 0.05) is 44.5 Å². The van der Waals surface area contributed by atoms with E-state index in [2.05, 4.69) is 47.4 Å². The van der Waals surface area contributed by atoms with E-state index in [0.717, 1.165) is 54.6 Å². The second-order valence-electron chi connectivity index (χ2n) is 14.3. The van der Waals surface area contributed by atoms with Gasteiger partial charge in [-0.1, -0.05) is 71.6 Å². The fourth-order valence-corrected chi connectivity index (χ4v) is 7.19. The highest BCUT2D eigenvalue weighted by molar-refractivity contribution is 6.27. The lowest BCUT2D eigenvalue weighted by Crippen LogP contribution is -2.00. The van der Waals surface area contributed by atoms with E-state index >= 15 is 0 Å². The van der Waals surface area contributed by atoms with Gasteiger partial charge in [0.25, 0.3) is 0 Å². The third kappa shape index (κ3) is 8.58. The van der Waals surface area contributed by atoms with Crippen LogP contribution in [0.2, 0.25) is 0 Å². The van der Waals surface area contributed by atoms with Crippen molar-refractivity contribution in [1.29, 1.82) is 0 Å². The van der Waals surface area contributed by atoms with Crippen molar-refractivity contribution in [1.82, 2.24) is 0 Å². The number of rotatable bonds is 4. The molecule has 0 aliphatic rings. The maximum Gasteiger partial charge on any atom is 0.337 e. The molecule has 0 radical (unpaired) electrons. The Morgan fingerprint density at radius 3 is 0.688 bits per heavy atom. The molecule has 0 saturated heterocycles. The van der Waals surface area contributed by atoms with Crippen LogP contribution in [0.3, 0.4) is 0 Å². The van der Waals surface area contributed by atoms with Crippen LogP contribution in [0.4, 0.5) is 0 Å². The molecule has 306 valence electrons. The van der Waals surface area contributed by atoms with Crippen molar-refractivity contribution in [3.05, 3.63) is 200 Å². The van der Waals surface area contributed by atoms with Gasteiger partial charge in [-0.15, -0.1) is 0 Å². The molecule has 0 fully saturated rings. The first-order chi connectivity index (χ1) is 31.2. The lowest BCUT2D eigenvalue weighted by Gasteiger charge is -2.16. The largest absolute Gasteiger partial charge is 0.465 e. The molecule has 0 heterocycles. The van der Waals surface area contributed by atoms with Gasteiger partial charge >= 0.3 is 23.9 Å². The average molecular weight is 835 g/mol. The molecule has 8 heteroatoms. The van der Waals surface area contributed by atoms with Crippen molar-refractivity contribution in [2.75, 3.05) is 28.4 Å². The lowest BCUT2D eigenvalue weighted by molar-refractivity contribution is 0.0592. The van der Waals surface area contributed by atoms with Gasteiger partial charge < -0.3 is 18.9 Å². The molecule has 0 saturated carbocycles. The molecule has 8 aromatic carbocycles. The van der Waals surface area contributed by atoms with E-state index in [1.165, 1.54) is 28.4 Å². The molecule has 0 aliphatic carbocycles. The molecule has 0 aliphatic heterocycles. The van der Waals surface area contributed by atoms with Crippen LogP contribution in [0.15, 0.2) is 133 Å². The third-order valence-electron chi connectivity index (χ3n) is 10.5. The van der Waals surface area contributed by atoms with Gasteiger partial charge in [0.2, 0.25) is 0 Å². The predicted octanol–water partition coefficient (Wildman–Crippen LogP) is 9.33. The van der Waals surface area contributed by atoms with Crippen LogP contribution in [0.1, 0.15) is 85.9 Å². The highest BCUT2D eigenvalue weighted by atomic mass is 16.5. The fraction of sp³-hybridized carbons (Fsp3) is 0.0714. The Kier molecular flexibility index (Phi) is 11.9. The number of benzene rings is 8. The summed E-state index contributed by atoms with van der Waals surface area (Å²) in [6.07, 6.45) is 0. The molecular weight excluding hydrogens is 801 g/mol. The maximum atomic E-state index is 12.1. The first-order valence-electron chi connectivity index (χ1n) is 19.8. The number of carbonyl (C=O) groups excluding carboxylic acids is 4. The molecule has 0 atom stereocenters. The number of ether oxygens (including phenoxy) is 4. The summed E-state index contributed by atoms with van der Waals surface area (Å²) in [6, 6.07) is 39.7. The smallest absolute Gasteiger partial charge is 0.337 e. The van der Waals surface area contributed by atoms with Gasteiger partial charge in [0.05, 0.1) is 50.7 Å². The van der Waals surface area contributed by atoms with Crippen molar-refractivity contribution in [3.63, 3.8) is 0 Å². The van der Waals surface area contributed by atoms with Crippen molar-refractivity contribution in [2.45, 2.75) is 0 Å². The van der Waals surface area contributed by atoms with Gasteiger partial charge in [-0.3, -0.25) is 0 Å². The summed E-state index contributed by atoms with van der Waals surface area (Å²) in [5.74, 6) is 24.9. The lowest BCUT2D eigenvalue weighted by atomic mass is 9.86. The molecular formula is C56H34O8. The summed E-state index contributed by atoms with van der Waals surface area (Å²) in [5.41, 5.74) is 7.38. The predicted molar refractivity (Wildman–Crippen MR) is 245 cm³/mol. The number of hydrogen-bond acceptors (Lipinski definition) is 8. The second kappa shape index (κ2) is 18.3. The number of carbonyl (C=O) groups is 4. The van der Waals surface area contributed by atoms with Crippen LogP contribution in [-0.4, -0.2) is 52.3 Å². The quantitative estimate of drug-likeness (QED) is 0.0748. The zero-order valence-electron chi connectivity index (χ0n) is 35.0. The molecule has 0 spiro atoms. The standard InChI is InChI=1S/C56H34O8/c1-61-53(57)39-17-5-35(6-18-39)13-25-43-33-44(26-14-36-7-19-40(20-8-36)54(58)62-2)48-31-32-50-46(28-16-38-11-23-42(24-12-38)56(60)64-4)34-45(49-30-29-47(43)51(48)52(49)50)27-15-37-9-21-41(22-10-37)55(59)63-3/h5-12,17-24,29-34H,1-4H3. The van der Waals surface area contributed by atoms with E-state index in [-0.39, 0.29) is 0 Å². The first-order valence-corrected chi connectivity index (χ1v) is 19.8. The summed E-state index contributed by atoms with van der Waals surface area (Å²) in [4.78, 5) is 48.4. The Labute approximate surface area is 369 Å². The number of hydrogen-bond donors (Lipinski definition) is 0. The molecule has 0 bridgehead atoms. The molecule has 8 nitrogen and oxygen atoms in total. The van der Waals surface area contributed by atoms with Gasteiger partial charge in [0.15, 0.2) is 0 Å². The maximum absolute atomic E-state index is 12.1. The zero-order chi connectivity index (χ0) is 44.7. The first kappa shape index (κ1) is 41.6. The highest BCUT2D eigenvalue weighted by Gasteiger charge is 2.18. The highest BCUT2D eigenvalue weighted by Crippen LogP contribution is 2.40.